The highest BCUT2D eigenvalue weighted by Gasteiger charge is 2.39. The predicted molar refractivity (Wildman–Crippen MR) is 125 cm³/mol. The Hall–Kier alpha value is -4.72. The SMILES string of the molecule is Cc1c(NC(=O)c2cc(C(N)=O)c3ccccc3n2)c(C(F)(F)F)nn1Cc1ccc(CC#N)cc1. The van der Waals surface area contributed by atoms with E-state index in [4.69, 9.17) is 11.0 Å². The lowest BCUT2D eigenvalue weighted by Crippen LogP contribution is -2.19. The maximum atomic E-state index is 13.8. The molecule has 0 unspecified atom stereocenters. The van der Waals surface area contributed by atoms with Crippen LogP contribution in [0.15, 0.2) is 54.6 Å². The Morgan fingerprint density at radius 3 is 2.42 bits per heavy atom. The summed E-state index contributed by atoms with van der Waals surface area (Å²) in [5.41, 5.74) is 5.23. The van der Waals surface area contributed by atoms with Gasteiger partial charge in [0, 0.05) is 5.39 Å². The Morgan fingerprint density at radius 2 is 1.78 bits per heavy atom. The number of hydrogen-bond acceptors (Lipinski definition) is 5. The van der Waals surface area contributed by atoms with Gasteiger partial charge in [-0.3, -0.25) is 14.3 Å². The largest absolute Gasteiger partial charge is 0.437 e. The summed E-state index contributed by atoms with van der Waals surface area (Å²) in [7, 11) is 0. The maximum absolute atomic E-state index is 13.8. The van der Waals surface area contributed by atoms with E-state index in [1.807, 2.05) is 6.07 Å². The average Bonchev–Trinajstić information content (AvgIpc) is 3.15. The lowest BCUT2D eigenvalue weighted by atomic mass is 10.1. The normalized spacial score (nSPS) is 11.3. The number of nitrogens with two attached hydrogens (primary N) is 1. The molecular weight excluding hydrogens is 473 g/mol. The second kappa shape index (κ2) is 9.50. The Balaban J connectivity index is 1.70. The van der Waals surface area contributed by atoms with Crippen molar-refractivity contribution in [2.75, 3.05) is 5.32 Å². The molecule has 0 atom stereocenters. The van der Waals surface area contributed by atoms with Crippen LogP contribution < -0.4 is 11.1 Å². The number of nitriles is 1. The van der Waals surface area contributed by atoms with E-state index in [2.05, 4.69) is 15.4 Å². The number of hydrogen-bond donors (Lipinski definition) is 2. The van der Waals surface area contributed by atoms with E-state index in [0.717, 1.165) is 16.3 Å². The van der Waals surface area contributed by atoms with Crippen LogP contribution in [0.5, 0.6) is 0 Å². The van der Waals surface area contributed by atoms with Crippen molar-refractivity contribution in [3.05, 3.63) is 88.4 Å². The minimum absolute atomic E-state index is 0.0116. The first-order chi connectivity index (χ1) is 17.1. The van der Waals surface area contributed by atoms with Crippen LogP contribution in [0.2, 0.25) is 0 Å². The highest BCUT2D eigenvalue weighted by Crippen LogP contribution is 2.36. The van der Waals surface area contributed by atoms with Crippen LogP contribution in [0.3, 0.4) is 0 Å². The number of nitrogens with one attached hydrogen (secondary N) is 1. The van der Waals surface area contributed by atoms with E-state index in [1.54, 1.807) is 48.5 Å². The standard InChI is InChI=1S/C25H19F3N6O2/c1-14-21(32-24(36)20-12-18(23(30)35)17-4-2-3-5-19(17)31-20)22(25(26,27)28)33-34(14)13-16-8-6-15(7-9-16)10-11-29/h2-9,12H,10,13H2,1H3,(H2,30,35)(H,32,36). The van der Waals surface area contributed by atoms with Crippen LogP contribution in [0.4, 0.5) is 18.9 Å². The quantitative estimate of drug-likeness (QED) is 0.417. The summed E-state index contributed by atoms with van der Waals surface area (Å²) in [6.45, 7) is 1.42. The molecule has 2 heterocycles. The summed E-state index contributed by atoms with van der Waals surface area (Å²) >= 11 is 0. The first kappa shape index (κ1) is 24.4. The van der Waals surface area contributed by atoms with E-state index < -0.39 is 29.4 Å². The molecule has 0 saturated heterocycles. The van der Waals surface area contributed by atoms with Gasteiger partial charge in [-0.1, -0.05) is 42.5 Å². The molecule has 0 bridgehead atoms. The maximum Gasteiger partial charge on any atom is 0.437 e. The van der Waals surface area contributed by atoms with Gasteiger partial charge in [0.15, 0.2) is 5.69 Å². The van der Waals surface area contributed by atoms with Crippen molar-refractivity contribution >= 4 is 28.4 Å². The number of halogens is 3. The smallest absolute Gasteiger partial charge is 0.366 e. The molecule has 0 saturated carbocycles. The number of primary amides is 1. The number of pyridine rings is 1. The molecule has 0 aliphatic heterocycles. The minimum atomic E-state index is -4.84. The second-order valence-electron chi connectivity index (χ2n) is 8.01. The number of carbonyl (C=O) groups is 2. The van der Waals surface area contributed by atoms with Crippen molar-refractivity contribution in [1.82, 2.24) is 14.8 Å². The molecule has 0 radical (unpaired) electrons. The Kier molecular flexibility index (Phi) is 6.44. The van der Waals surface area contributed by atoms with Crippen molar-refractivity contribution in [3.63, 3.8) is 0 Å². The summed E-state index contributed by atoms with van der Waals surface area (Å²) in [5.74, 6) is -1.75. The molecule has 11 heteroatoms. The van der Waals surface area contributed by atoms with Crippen molar-refractivity contribution in [3.8, 4) is 6.07 Å². The van der Waals surface area contributed by atoms with E-state index in [0.29, 0.717) is 16.5 Å². The monoisotopic (exact) mass is 492 g/mol. The van der Waals surface area contributed by atoms with Crippen molar-refractivity contribution in [1.29, 1.82) is 5.26 Å². The fourth-order valence-electron chi connectivity index (χ4n) is 3.75. The molecule has 0 aliphatic rings. The van der Waals surface area contributed by atoms with E-state index in [1.165, 1.54) is 6.92 Å². The van der Waals surface area contributed by atoms with E-state index in [-0.39, 0.29) is 29.9 Å². The molecular formula is C25H19F3N6O2. The predicted octanol–water partition coefficient (Wildman–Crippen LogP) is 4.22. The molecule has 2 amide bonds. The fourth-order valence-corrected chi connectivity index (χ4v) is 3.75. The number of alkyl halides is 3. The number of nitrogens with zero attached hydrogens (tertiary/aromatic N) is 4. The first-order valence-corrected chi connectivity index (χ1v) is 10.7. The number of rotatable bonds is 6. The van der Waals surface area contributed by atoms with Crippen LogP contribution in [0.1, 0.15) is 43.4 Å². The van der Waals surface area contributed by atoms with Crippen molar-refractivity contribution < 1.29 is 22.8 Å². The lowest BCUT2D eigenvalue weighted by Gasteiger charge is -2.10. The molecule has 36 heavy (non-hydrogen) atoms. The average molecular weight is 492 g/mol. The number of amides is 2. The molecule has 0 spiro atoms. The number of benzene rings is 2. The van der Waals surface area contributed by atoms with Gasteiger partial charge in [0.05, 0.1) is 41.5 Å². The minimum Gasteiger partial charge on any atom is -0.366 e. The van der Waals surface area contributed by atoms with Crippen LogP contribution in [-0.4, -0.2) is 26.6 Å². The highest BCUT2D eigenvalue weighted by atomic mass is 19.4. The Bertz CT molecular complexity index is 1520. The summed E-state index contributed by atoms with van der Waals surface area (Å²) in [5, 5.41) is 15.2. The van der Waals surface area contributed by atoms with Gasteiger partial charge in [0.2, 0.25) is 5.91 Å². The Morgan fingerprint density at radius 1 is 1.11 bits per heavy atom. The zero-order valence-electron chi connectivity index (χ0n) is 18.9. The zero-order valence-corrected chi connectivity index (χ0v) is 18.9. The topological polar surface area (TPSA) is 127 Å². The number of para-hydroxylation sites is 1. The molecule has 2 aromatic heterocycles. The van der Waals surface area contributed by atoms with Crippen LogP contribution in [0, 0.1) is 18.3 Å². The van der Waals surface area contributed by atoms with Gasteiger partial charge < -0.3 is 11.1 Å². The van der Waals surface area contributed by atoms with E-state index in [9.17, 15) is 22.8 Å². The molecule has 8 nitrogen and oxygen atoms in total. The van der Waals surface area contributed by atoms with Gasteiger partial charge in [-0.05, 0) is 30.2 Å². The van der Waals surface area contributed by atoms with Crippen LogP contribution >= 0.6 is 0 Å². The first-order valence-electron chi connectivity index (χ1n) is 10.7. The third-order valence-corrected chi connectivity index (χ3v) is 5.57. The molecule has 182 valence electrons. The molecule has 4 aromatic rings. The van der Waals surface area contributed by atoms with Gasteiger partial charge in [0.25, 0.3) is 5.91 Å². The van der Waals surface area contributed by atoms with Gasteiger partial charge >= 0.3 is 6.18 Å². The zero-order chi connectivity index (χ0) is 26.0. The lowest BCUT2D eigenvalue weighted by molar-refractivity contribution is -0.140. The number of fused-ring (bicyclic) bond motifs is 1. The third kappa shape index (κ3) is 4.88. The van der Waals surface area contributed by atoms with Gasteiger partial charge in [0.1, 0.15) is 5.69 Å². The molecule has 2 aromatic carbocycles. The Labute approximate surface area is 203 Å². The number of aromatic nitrogens is 3. The van der Waals surface area contributed by atoms with Crippen molar-refractivity contribution in [2.24, 2.45) is 5.73 Å². The molecule has 3 N–H and O–H groups in total. The van der Waals surface area contributed by atoms with Crippen LogP contribution in [0.25, 0.3) is 10.9 Å². The van der Waals surface area contributed by atoms with Gasteiger partial charge in [-0.2, -0.15) is 23.5 Å². The fraction of sp³-hybridized carbons (Fsp3) is 0.160. The van der Waals surface area contributed by atoms with Crippen LogP contribution in [-0.2, 0) is 19.1 Å². The molecule has 4 rings (SSSR count). The summed E-state index contributed by atoms with van der Waals surface area (Å²) in [6, 6.07) is 16.5. The van der Waals surface area contributed by atoms with E-state index >= 15 is 0 Å². The second-order valence-corrected chi connectivity index (χ2v) is 8.01. The summed E-state index contributed by atoms with van der Waals surface area (Å²) < 4.78 is 42.6. The molecule has 0 fully saturated rings. The van der Waals surface area contributed by atoms with Gasteiger partial charge in [-0.15, -0.1) is 0 Å². The van der Waals surface area contributed by atoms with Gasteiger partial charge in [-0.25, -0.2) is 4.98 Å². The van der Waals surface area contributed by atoms with Crippen molar-refractivity contribution in [2.45, 2.75) is 26.1 Å². The summed E-state index contributed by atoms with van der Waals surface area (Å²) in [6.07, 6.45) is -4.62. The third-order valence-electron chi connectivity index (χ3n) is 5.57. The highest BCUT2D eigenvalue weighted by molar-refractivity contribution is 6.10. The molecule has 0 aliphatic carbocycles. The summed E-state index contributed by atoms with van der Waals surface area (Å²) in [4.78, 5) is 29.1. The number of carbonyl (C=O) groups excluding carboxylic acids is 2. The number of anilines is 1.